The van der Waals surface area contributed by atoms with E-state index in [1.54, 1.807) is 0 Å². The van der Waals surface area contributed by atoms with Crippen LogP contribution in [-0.2, 0) is 6.54 Å². The van der Waals surface area contributed by atoms with Crippen molar-refractivity contribution >= 4 is 15.9 Å². The van der Waals surface area contributed by atoms with Crippen LogP contribution in [-0.4, -0.2) is 29.6 Å². The van der Waals surface area contributed by atoms with Crippen molar-refractivity contribution in [2.75, 3.05) is 19.7 Å². The average Bonchev–Trinajstić information content (AvgIpc) is 2.47. The van der Waals surface area contributed by atoms with Crippen LogP contribution in [0.5, 0.6) is 5.75 Å². The van der Waals surface area contributed by atoms with Crippen molar-refractivity contribution in [1.29, 1.82) is 0 Å². The Balaban J connectivity index is 1.79. The Morgan fingerprint density at radius 1 is 1.20 bits per heavy atom. The van der Waals surface area contributed by atoms with Crippen LogP contribution in [0.3, 0.4) is 0 Å². The first-order valence-electron chi connectivity index (χ1n) is 6.78. The molecule has 1 aromatic heterocycles. The third kappa shape index (κ3) is 4.94. The van der Waals surface area contributed by atoms with Gasteiger partial charge in [0.15, 0.2) is 0 Å². The van der Waals surface area contributed by atoms with E-state index in [0.29, 0.717) is 6.61 Å². The van der Waals surface area contributed by atoms with E-state index in [1.165, 1.54) is 0 Å². The van der Waals surface area contributed by atoms with Crippen molar-refractivity contribution in [3.8, 4) is 5.75 Å². The molecule has 4 heteroatoms. The van der Waals surface area contributed by atoms with Crippen molar-refractivity contribution in [1.82, 2.24) is 9.88 Å². The molecular weight excluding hydrogens is 316 g/mol. The first-order chi connectivity index (χ1) is 9.78. The van der Waals surface area contributed by atoms with Gasteiger partial charge in [0.25, 0.3) is 0 Å². The zero-order valence-electron chi connectivity index (χ0n) is 11.6. The lowest BCUT2D eigenvalue weighted by atomic mass is 10.3. The van der Waals surface area contributed by atoms with E-state index >= 15 is 0 Å². The summed E-state index contributed by atoms with van der Waals surface area (Å²) in [6.45, 7) is 5.57. The summed E-state index contributed by atoms with van der Waals surface area (Å²) < 4.78 is 6.80. The molecule has 1 aromatic carbocycles. The summed E-state index contributed by atoms with van der Waals surface area (Å²) in [5, 5.41) is 0. The van der Waals surface area contributed by atoms with Crippen LogP contribution in [0.25, 0.3) is 0 Å². The number of ether oxygens (including phenoxy) is 1. The van der Waals surface area contributed by atoms with Gasteiger partial charge in [-0.15, -0.1) is 0 Å². The Morgan fingerprint density at radius 2 is 2.10 bits per heavy atom. The minimum Gasteiger partial charge on any atom is -0.492 e. The van der Waals surface area contributed by atoms with Gasteiger partial charge >= 0.3 is 0 Å². The van der Waals surface area contributed by atoms with Crippen LogP contribution in [0.1, 0.15) is 12.6 Å². The first kappa shape index (κ1) is 15.0. The number of halogens is 1. The monoisotopic (exact) mass is 334 g/mol. The van der Waals surface area contributed by atoms with Crippen LogP contribution in [0.2, 0.25) is 0 Å². The van der Waals surface area contributed by atoms with Gasteiger partial charge in [-0.2, -0.15) is 0 Å². The van der Waals surface area contributed by atoms with Gasteiger partial charge < -0.3 is 4.74 Å². The predicted octanol–water partition coefficient (Wildman–Crippen LogP) is 3.75. The minimum atomic E-state index is 0.678. The van der Waals surface area contributed by atoms with Crippen LogP contribution >= 0.6 is 15.9 Å². The lowest BCUT2D eigenvalue weighted by Crippen LogP contribution is -2.28. The molecule has 0 aliphatic carbocycles. The highest BCUT2D eigenvalue weighted by molar-refractivity contribution is 9.10. The smallest absolute Gasteiger partial charge is 0.120 e. The summed E-state index contributed by atoms with van der Waals surface area (Å²) in [6.07, 6.45) is 1.83. The summed E-state index contributed by atoms with van der Waals surface area (Å²) in [4.78, 5) is 6.68. The van der Waals surface area contributed by atoms with Gasteiger partial charge in [-0.25, -0.2) is 0 Å². The second-order valence-electron chi connectivity index (χ2n) is 4.50. The van der Waals surface area contributed by atoms with Gasteiger partial charge in [-0.05, 0) is 36.9 Å². The van der Waals surface area contributed by atoms with E-state index < -0.39 is 0 Å². The Labute approximate surface area is 128 Å². The number of likely N-dealkylation sites (N-methyl/N-ethyl adjacent to an activating group) is 1. The quantitative estimate of drug-likeness (QED) is 0.771. The van der Waals surface area contributed by atoms with Crippen molar-refractivity contribution < 1.29 is 4.74 Å². The minimum absolute atomic E-state index is 0.678. The second kappa shape index (κ2) is 8.02. The zero-order chi connectivity index (χ0) is 14.2. The van der Waals surface area contributed by atoms with Crippen LogP contribution in [0, 0.1) is 0 Å². The average molecular weight is 335 g/mol. The third-order valence-electron chi connectivity index (χ3n) is 3.03. The molecule has 0 bridgehead atoms. The number of aromatic nitrogens is 1. The van der Waals surface area contributed by atoms with Gasteiger partial charge in [-0.1, -0.05) is 35.0 Å². The molecule has 0 amide bonds. The molecule has 20 heavy (non-hydrogen) atoms. The highest BCUT2D eigenvalue weighted by atomic mass is 79.9. The molecule has 0 aliphatic rings. The maximum absolute atomic E-state index is 5.76. The summed E-state index contributed by atoms with van der Waals surface area (Å²) >= 11 is 3.44. The Hall–Kier alpha value is -1.39. The molecule has 0 saturated heterocycles. The fraction of sp³-hybridized carbons (Fsp3) is 0.312. The number of nitrogens with zero attached hydrogens (tertiary/aromatic N) is 2. The van der Waals surface area contributed by atoms with Crippen LogP contribution in [0.15, 0.2) is 53.1 Å². The van der Waals surface area contributed by atoms with E-state index in [0.717, 1.165) is 35.6 Å². The number of pyridine rings is 1. The molecule has 0 unspecified atom stereocenters. The Morgan fingerprint density at radius 3 is 2.80 bits per heavy atom. The molecule has 0 N–H and O–H groups in total. The summed E-state index contributed by atoms with van der Waals surface area (Å²) in [7, 11) is 0. The van der Waals surface area contributed by atoms with E-state index in [4.69, 9.17) is 4.74 Å². The van der Waals surface area contributed by atoms with Gasteiger partial charge in [0.1, 0.15) is 12.4 Å². The third-order valence-corrected chi connectivity index (χ3v) is 3.52. The summed E-state index contributed by atoms with van der Waals surface area (Å²) in [5.74, 6) is 0.897. The van der Waals surface area contributed by atoms with E-state index in [9.17, 15) is 0 Å². The Bertz CT molecular complexity index is 519. The molecule has 2 aromatic rings. The number of hydrogen-bond donors (Lipinski definition) is 0. The summed E-state index contributed by atoms with van der Waals surface area (Å²) in [5.41, 5.74) is 1.09. The molecule has 106 valence electrons. The number of rotatable bonds is 7. The lowest BCUT2D eigenvalue weighted by Gasteiger charge is -2.20. The normalized spacial score (nSPS) is 10.8. The molecule has 2 rings (SSSR count). The molecule has 1 heterocycles. The maximum Gasteiger partial charge on any atom is 0.120 e. The zero-order valence-corrected chi connectivity index (χ0v) is 13.2. The van der Waals surface area contributed by atoms with E-state index in [2.05, 4.69) is 38.8 Å². The lowest BCUT2D eigenvalue weighted by molar-refractivity contribution is 0.208. The summed E-state index contributed by atoms with van der Waals surface area (Å²) in [6, 6.07) is 13.9. The fourth-order valence-corrected chi connectivity index (χ4v) is 2.30. The molecule has 0 fully saturated rings. The van der Waals surface area contributed by atoms with Crippen molar-refractivity contribution in [2.45, 2.75) is 13.5 Å². The molecule has 0 radical (unpaired) electrons. The largest absolute Gasteiger partial charge is 0.492 e. The Kier molecular flexibility index (Phi) is 6.02. The molecule has 0 aliphatic heterocycles. The van der Waals surface area contributed by atoms with Crippen molar-refractivity contribution in [3.05, 3.63) is 58.8 Å². The molecular formula is C16H19BrN2O. The van der Waals surface area contributed by atoms with E-state index in [1.807, 2.05) is 42.6 Å². The molecule has 0 spiro atoms. The highest BCUT2D eigenvalue weighted by Gasteiger charge is 2.04. The standard InChI is InChI=1S/C16H19BrN2O/c1-2-19(13-15-7-3-4-9-18-15)10-11-20-16-8-5-6-14(17)12-16/h3-9,12H,2,10-11,13H2,1H3. The SMILES string of the molecule is CCN(CCOc1cccc(Br)c1)Cc1ccccn1. The molecule has 0 saturated carbocycles. The topological polar surface area (TPSA) is 25.4 Å². The van der Waals surface area contributed by atoms with E-state index in [-0.39, 0.29) is 0 Å². The second-order valence-corrected chi connectivity index (χ2v) is 5.41. The highest BCUT2D eigenvalue weighted by Crippen LogP contribution is 2.17. The van der Waals surface area contributed by atoms with Gasteiger partial charge in [0, 0.05) is 23.8 Å². The van der Waals surface area contributed by atoms with Crippen molar-refractivity contribution in [3.63, 3.8) is 0 Å². The van der Waals surface area contributed by atoms with Crippen molar-refractivity contribution in [2.24, 2.45) is 0 Å². The van der Waals surface area contributed by atoms with Crippen LogP contribution < -0.4 is 4.74 Å². The van der Waals surface area contributed by atoms with Gasteiger partial charge in [0.05, 0.1) is 5.69 Å². The number of hydrogen-bond acceptors (Lipinski definition) is 3. The van der Waals surface area contributed by atoms with Gasteiger partial charge in [-0.3, -0.25) is 9.88 Å². The maximum atomic E-state index is 5.76. The van der Waals surface area contributed by atoms with Gasteiger partial charge in [0.2, 0.25) is 0 Å². The molecule has 0 atom stereocenters. The number of benzene rings is 1. The van der Waals surface area contributed by atoms with Crippen LogP contribution in [0.4, 0.5) is 0 Å². The molecule has 3 nitrogen and oxygen atoms in total. The first-order valence-corrected chi connectivity index (χ1v) is 7.58. The predicted molar refractivity (Wildman–Crippen MR) is 84.8 cm³/mol. The fourth-order valence-electron chi connectivity index (χ4n) is 1.92.